The lowest BCUT2D eigenvalue weighted by Gasteiger charge is -2.13. The van der Waals surface area contributed by atoms with E-state index in [4.69, 9.17) is 0 Å². The Labute approximate surface area is 59.4 Å². The van der Waals surface area contributed by atoms with Gasteiger partial charge in [-0.25, -0.2) is 0 Å². The lowest BCUT2D eigenvalue weighted by Crippen LogP contribution is -2.19. The van der Waals surface area contributed by atoms with E-state index in [1.807, 2.05) is 6.92 Å². The molecule has 0 nitrogen and oxygen atoms in total. The quantitative estimate of drug-likeness (QED) is 0.584. The monoisotopic (exact) mass is 153 g/mol. The molecule has 0 bridgehead atoms. The van der Waals surface area contributed by atoms with Crippen LogP contribution in [0.15, 0.2) is 0 Å². The Morgan fingerprint density at radius 1 is 1.40 bits per heavy atom. The van der Waals surface area contributed by atoms with Gasteiger partial charge in [0, 0.05) is 0 Å². The van der Waals surface area contributed by atoms with E-state index in [0.29, 0.717) is 6.42 Å². The van der Waals surface area contributed by atoms with Gasteiger partial charge in [-0.15, -0.1) is 0 Å². The van der Waals surface area contributed by atoms with Gasteiger partial charge in [-0.3, -0.25) is 0 Å². The summed E-state index contributed by atoms with van der Waals surface area (Å²) in [6, 6.07) is 0. The first-order chi connectivity index (χ1) is 4.48. The minimum Gasteiger partial charge on any atom is -0.171 e. The molecule has 0 aromatic rings. The van der Waals surface area contributed by atoms with E-state index in [-0.39, 0.29) is 6.42 Å². The van der Waals surface area contributed by atoms with Gasteiger partial charge in [-0.05, 0) is 13.3 Å². The van der Waals surface area contributed by atoms with Crippen LogP contribution in [-0.2, 0) is 0 Å². The Balaban J connectivity index is 3.52. The van der Waals surface area contributed by atoms with E-state index in [1.165, 1.54) is 0 Å². The average Bonchev–Trinajstić information content (AvgIpc) is 1.80. The fourth-order valence-electron chi connectivity index (χ4n) is 0.614. The van der Waals surface area contributed by atoms with Gasteiger partial charge >= 0.3 is 6.18 Å². The van der Waals surface area contributed by atoms with Gasteiger partial charge < -0.3 is 0 Å². The van der Waals surface area contributed by atoms with Crippen molar-refractivity contribution in [1.82, 2.24) is 0 Å². The Hall–Kier alpha value is -0.210. The lowest BCUT2D eigenvalue weighted by molar-refractivity contribution is -0.163. The maximum atomic E-state index is 11.7. The second-order valence-electron chi connectivity index (χ2n) is 2.38. The van der Waals surface area contributed by atoms with Gasteiger partial charge in [-0.1, -0.05) is 19.8 Å². The van der Waals surface area contributed by atoms with E-state index >= 15 is 0 Å². The first-order valence-corrected chi connectivity index (χ1v) is 3.38. The van der Waals surface area contributed by atoms with E-state index < -0.39 is 12.1 Å². The SMILES string of the molecule is [CH2]C(CCCC)C(F)(F)F. The highest BCUT2D eigenvalue weighted by atomic mass is 19.4. The van der Waals surface area contributed by atoms with Crippen molar-refractivity contribution in [2.75, 3.05) is 0 Å². The van der Waals surface area contributed by atoms with Crippen molar-refractivity contribution in [2.24, 2.45) is 5.92 Å². The van der Waals surface area contributed by atoms with Crippen LogP contribution in [0.2, 0.25) is 0 Å². The molecule has 0 aromatic carbocycles. The lowest BCUT2D eigenvalue weighted by atomic mass is 10.0. The van der Waals surface area contributed by atoms with Crippen LogP contribution in [0.25, 0.3) is 0 Å². The number of hydrogen-bond acceptors (Lipinski definition) is 0. The van der Waals surface area contributed by atoms with Crippen molar-refractivity contribution >= 4 is 0 Å². The fraction of sp³-hybridized carbons (Fsp3) is 0.857. The van der Waals surface area contributed by atoms with Crippen molar-refractivity contribution in [3.63, 3.8) is 0 Å². The third kappa shape index (κ3) is 3.75. The maximum absolute atomic E-state index is 11.7. The summed E-state index contributed by atoms with van der Waals surface area (Å²) in [5.74, 6) is -1.38. The largest absolute Gasteiger partial charge is 0.391 e. The standard InChI is InChI=1S/C7H12F3/c1-3-4-5-6(2)7(8,9)10/h6H,2-5H2,1H3. The number of alkyl halides is 3. The van der Waals surface area contributed by atoms with Crippen molar-refractivity contribution < 1.29 is 13.2 Å². The topological polar surface area (TPSA) is 0 Å². The normalized spacial score (nSPS) is 15.3. The van der Waals surface area contributed by atoms with E-state index in [1.54, 1.807) is 0 Å². The van der Waals surface area contributed by atoms with Crippen LogP contribution >= 0.6 is 0 Å². The van der Waals surface area contributed by atoms with Crippen LogP contribution in [0, 0.1) is 12.8 Å². The molecule has 0 amide bonds. The van der Waals surface area contributed by atoms with E-state index in [2.05, 4.69) is 6.92 Å². The second-order valence-corrected chi connectivity index (χ2v) is 2.38. The smallest absolute Gasteiger partial charge is 0.171 e. The molecule has 1 unspecified atom stereocenters. The molecular weight excluding hydrogens is 141 g/mol. The maximum Gasteiger partial charge on any atom is 0.391 e. The zero-order valence-corrected chi connectivity index (χ0v) is 6.04. The molecule has 0 aliphatic carbocycles. The molecule has 0 fully saturated rings. The van der Waals surface area contributed by atoms with Gasteiger partial charge in [0.15, 0.2) is 0 Å². The highest BCUT2D eigenvalue weighted by molar-refractivity contribution is 4.68. The Morgan fingerprint density at radius 3 is 2.20 bits per heavy atom. The summed E-state index contributed by atoms with van der Waals surface area (Å²) in [6.45, 7) is 4.89. The zero-order valence-electron chi connectivity index (χ0n) is 6.04. The van der Waals surface area contributed by atoms with Crippen LogP contribution < -0.4 is 0 Å². The summed E-state index contributed by atoms with van der Waals surface area (Å²) in [4.78, 5) is 0. The summed E-state index contributed by atoms with van der Waals surface area (Å²) in [5, 5.41) is 0. The summed E-state index contributed by atoms with van der Waals surface area (Å²) >= 11 is 0. The summed E-state index contributed by atoms with van der Waals surface area (Å²) in [7, 11) is 0. The van der Waals surface area contributed by atoms with Crippen molar-refractivity contribution in [1.29, 1.82) is 0 Å². The predicted octanol–water partition coefficient (Wildman–Crippen LogP) is 3.19. The molecule has 61 valence electrons. The van der Waals surface area contributed by atoms with Crippen LogP contribution in [-0.4, -0.2) is 6.18 Å². The minimum atomic E-state index is -4.10. The molecule has 0 aromatic heterocycles. The Kier molecular flexibility index (Phi) is 3.76. The predicted molar refractivity (Wildman–Crippen MR) is 34.4 cm³/mol. The molecule has 0 saturated heterocycles. The Morgan fingerprint density at radius 2 is 1.90 bits per heavy atom. The summed E-state index contributed by atoms with van der Waals surface area (Å²) in [6.07, 6.45) is -2.55. The Bertz CT molecular complexity index is 85.3. The molecule has 0 saturated carbocycles. The first-order valence-electron chi connectivity index (χ1n) is 3.38. The van der Waals surface area contributed by atoms with Crippen LogP contribution in [0.5, 0.6) is 0 Å². The molecule has 1 atom stereocenters. The molecule has 0 rings (SSSR count). The molecule has 0 aliphatic heterocycles. The average molecular weight is 153 g/mol. The molecule has 10 heavy (non-hydrogen) atoms. The van der Waals surface area contributed by atoms with Gasteiger partial charge in [0.2, 0.25) is 0 Å². The molecule has 1 radical (unpaired) electrons. The van der Waals surface area contributed by atoms with Gasteiger partial charge in [-0.2, -0.15) is 13.2 Å². The number of rotatable bonds is 3. The molecule has 0 N–H and O–H groups in total. The summed E-state index contributed by atoms with van der Waals surface area (Å²) in [5.41, 5.74) is 0. The van der Waals surface area contributed by atoms with Gasteiger partial charge in [0.05, 0.1) is 5.92 Å². The summed E-state index contributed by atoms with van der Waals surface area (Å²) < 4.78 is 35.1. The zero-order chi connectivity index (χ0) is 8.20. The van der Waals surface area contributed by atoms with Crippen LogP contribution in [0.4, 0.5) is 13.2 Å². The molecule has 3 heteroatoms. The van der Waals surface area contributed by atoms with Crippen molar-refractivity contribution in [2.45, 2.75) is 32.4 Å². The first kappa shape index (κ1) is 9.79. The van der Waals surface area contributed by atoms with E-state index in [9.17, 15) is 13.2 Å². The second kappa shape index (κ2) is 3.84. The highest BCUT2D eigenvalue weighted by Gasteiger charge is 2.34. The molecule has 0 heterocycles. The fourth-order valence-corrected chi connectivity index (χ4v) is 0.614. The van der Waals surface area contributed by atoms with Crippen LogP contribution in [0.3, 0.4) is 0 Å². The third-order valence-corrected chi connectivity index (χ3v) is 1.37. The third-order valence-electron chi connectivity index (χ3n) is 1.37. The van der Waals surface area contributed by atoms with Gasteiger partial charge in [0.25, 0.3) is 0 Å². The van der Waals surface area contributed by atoms with Crippen molar-refractivity contribution in [3.8, 4) is 0 Å². The number of unbranched alkanes of at least 4 members (excludes halogenated alkanes) is 1. The van der Waals surface area contributed by atoms with Gasteiger partial charge in [0.1, 0.15) is 0 Å². The number of hydrogen-bond donors (Lipinski definition) is 0. The van der Waals surface area contributed by atoms with Crippen molar-refractivity contribution in [3.05, 3.63) is 6.92 Å². The highest BCUT2D eigenvalue weighted by Crippen LogP contribution is 2.28. The van der Waals surface area contributed by atoms with E-state index in [0.717, 1.165) is 6.42 Å². The molecule has 0 spiro atoms. The number of halogens is 3. The van der Waals surface area contributed by atoms with Crippen LogP contribution in [0.1, 0.15) is 26.2 Å². The molecular formula is C7H12F3. The molecule has 0 aliphatic rings. The minimum absolute atomic E-state index is 0.153.